The molecule has 1 fully saturated rings. The fraction of sp³-hybridized carbons (Fsp3) is 0.312. The van der Waals surface area contributed by atoms with Gasteiger partial charge in [-0.15, -0.1) is 0 Å². The Morgan fingerprint density at radius 2 is 2.19 bits per heavy atom. The van der Waals surface area contributed by atoms with Crippen molar-refractivity contribution in [2.75, 3.05) is 4.90 Å². The highest BCUT2D eigenvalue weighted by Crippen LogP contribution is 2.35. The van der Waals surface area contributed by atoms with Crippen LogP contribution in [0.15, 0.2) is 47.2 Å². The monoisotopic (exact) mass is 283 g/mol. The molecule has 1 aliphatic carbocycles. The average molecular weight is 283 g/mol. The molecule has 0 aliphatic heterocycles. The quantitative estimate of drug-likeness (QED) is 0.782. The van der Waals surface area contributed by atoms with E-state index in [0.717, 1.165) is 22.9 Å². The molecule has 3 aromatic heterocycles. The number of aromatic nitrogens is 2. The highest BCUT2D eigenvalue weighted by Gasteiger charge is 2.33. The second kappa shape index (κ2) is 4.93. The van der Waals surface area contributed by atoms with Crippen LogP contribution in [0.3, 0.4) is 0 Å². The summed E-state index contributed by atoms with van der Waals surface area (Å²) in [6, 6.07) is 10.2. The Bertz CT molecular complexity index is 744. The van der Waals surface area contributed by atoms with Crippen LogP contribution in [0.1, 0.15) is 24.3 Å². The molecule has 0 atom stereocenters. The maximum absolute atomic E-state index is 9.77. The van der Waals surface area contributed by atoms with E-state index in [1.807, 2.05) is 40.9 Å². The first-order valence-corrected chi connectivity index (χ1v) is 7.22. The number of aliphatic hydroxyl groups excluding tert-OH is 1. The van der Waals surface area contributed by atoms with Crippen molar-refractivity contribution >= 4 is 11.5 Å². The second-order valence-electron chi connectivity index (χ2n) is 5.41. The average Bonchev–Trinajstić information content (AvgIpc) is 3.10. The molecule has 108 valence electrons. The number of aliphatic hydroxyl groups is 1. The molecule has 1 N–H and O–H groups in total. The maximum Gasteiger partial charge on any atom is 0.154 e. The van der Waals surface area contributed by atoms with Crippen LogP contribution in [-0.2, 0) is 13.2 Å². The summed E-state index contributed by atoms with van der Waals surface area (Å²) in [5, 5.41) is 9.77. The largest absolute Gasteiger partial charge is 0.467 e. The maximum atomic E-state index is 9.77. The topological polar surface area (TPSA) is 53.9 Å². The lowest BCUT2D eigenvalue weighted by molar-refractivity contribution is 0.276. The van der Waals surface area contributed by atoms with Crippen LogP contribution in [0.5, 0.6) is 0 Å². The summed E-state index contributed by atoms with van der Waals surface area (Å²) in [4.78, 5) is 6.96. The number of furan rings is 1. The molecule has 0 saturated heterocycles. The number of hydrogen-bond donors (Lipinski definition) is 1. The molecule has 0 amide bonds. The minimum atomic E-state index is -0.0259. The Hall–Kier alpha value is -2.27. The molecule has 5 nitrogen and oxygen atoms in total. The summed E-state index contributed by atoms with van der Waals surface area (Å²) in [5.74, 6) is 1.78. The number of hydrogen-bond acceptors (Lipinski definition) is 4. The Labute approximate surface area is 122 Å². The molecule has 21 heavy (non-hydrogen) atoms. The van der Waals surface area contributed by atoms with Gasteiger partial charge in [-0.25, -0.2) is 4.98 Å². The molecule has 0 spiro atoms. The van der Waals surface area contributed by atoms with Crippen molar-refractivity contribution in [3.8, 4) is 0 Å². The van der Waals surface area contributed by atoms with Crippen molar-refractivity contribution in [2.24, 2.45) is 0 Å². The van der Waals surface area contributed by atoms with Crippen LogP contribution in [0.4, 0.5) is 5.82 Å². The van der Waals surface area contributed by atoms with Gasteiger partial charge >= 0.3 is 0 Å². The van der Waals surface area contributed by atoms with Crippen LogP contribution in [-0.4, -0.2) is 20.5 Å². The van der Waals surface area contributed by atoms with Crippen LogP contribution >= 0.6 is 0 Å². The van der Waals surface area contributed by atoms with Gasteiger partial charge in [0.2, 0.25) is 0 Å². The van der Waals surface area contributed by atoms with Crippen LogP contribution in [0, 0.1) is 0 Å². The highest BCUT2D eigenvalue weighted by molar-refractivity contribution is 5.57. The Morgan fingerprint density at radius 1 is 1.29 bits per heavy atom. The molecule has 0 radical (unpaired) electrons. The molecule has 0 unspecified atom stereocenters. The molecule has 0 bridgehead atoms. The molecule has 1 saturated carbocycles. The molecular formula is C16H17N3O2. The number of anilines is 1. The number of pyridine rings is 1. The van der Waals surface area contributed by atoms with Gasteiger partial charge in [0.1, 0.15) is 11.4 Å². The van der Waals surface area contributed by atoms with E-state index in [0.29, 0.717) is 12.6 Å². The van der Waals surface area contributed by atoms with E-state index in [4.69, 9.17) is 9.40 Å². The standard InChI is InChI=1S/C16H17N3O2/c20-11-14-16(17-15-5-1-2-8-18(14)15)19(12-6-7-12)10-13-4-3-9-21-13/h1-5,8-9,12,20H,6-7,10-11H2. The molecular weight excluding hydrogens is 266 g/mol. The SMILES string of the molecule is OCc1c(N(Cc2ccco2)C2CC2)nc2ccccn12. The van der Waals surface area contributed by atoms with E-state index in [1.165, 1.54) is 12.8 Å². The Balaban J connectivity index is 1.78. The van der Waals surface area contributed by atoms with Crippen molar-refractivity contribution < 1.29 is 9.52 Å². The second-order valence-corrected chi connectivity index (χ2v) is 5.41. The number of fused-ring (bicyclic) bond motifs is 1. The van der Waals surface area contributed by atoms with Gasteiger partial charge in [-0.3, -0.25) is 4.40 Å². The lowest BCUT2D eigenvalue weighted by atomic mass is 10.3. The van der Waals surface area contributed by atoms with E-state index >= 15 is 0 Å². The number of rotatable bonds is 5. The summed E-state index contributed by atoms with van der Waals surface area (Å²) < 4.78 is 7.42. The third-order valence-electron chi connectivity index (χ3n) is 3.92. The van der Waals surface area contributed by atoms with Crippen molar-refractivity contribution in [1.29, 1.82) is 0 Å². The number of imidazole rings is 1. The zero-order valence-corrected chi connectivity index (χ0v) is 11.6. The lowest BCUT2D eigenvalue weighted by Crippen LogP contribution is -2.26. The van der Waals surface area contributed by atoms with Crippen molar-refractivity contribution in [2.45, 2.75) is 32.0 Å². The van der Waals surface area contributed by atoms with Gasteiger partial charge in [-0.2, -0.15) is 0 Å². The van der Waals surface area contributed by atoms with Crippen LogP contribution in [0.2, 0.25) is 0 Å². The summed E-state index contributed by atoms with van der Waals surface area (Å²) in [6.07, 6.45) is 5.96. The summed E-state index contributed by atoms with van der Waals surface area (Å²) in [7, 11) is 0. The normalized spacial score (nSPS) is 14.7. The van der Waals surface area contributed by atoms with E-state index in [2.05, 4.69) is 4.90 Å². The molecule has 0 aromatic carbocycles. The first-order chi connectivity index (χ1) is 10.4. The van der Waals surface area contributed by atoms with Crippen LogP contribution in [0.25, 0.3) is 5.65 Å². The van der Waals surface area contributed by atoms with Crippen molar-refractivity contribution in [3.63, 3.8) is 0 Å². The minimum absolute atomic E-state index is 0.0259. The third kappa shape index (κ3) is 2.19. The van der Waals surface area contributed by atoms with Crippen molar-refractivity contribution in [1.82, 2.24) is 9.38 Å². The molecule has 3 aromatic rings. The van der Waals surface area contributed by atoms with Gasteiger partial charge in [0.05, 0.1) is 25.1 Å². The minimum Gasteiger partial charge on any atom is -0.467 e. The summed E-state index contributed by atoms with van der Waals surface area (Å²) in [6.45, 7) is 0.663. The Kier molecular flexibility index (Phi) is 2.93. The fourth-order valence-electron chi connectivity index (χ4n) is 2.74. The lowest BCUT2D eigenvalue weighted by Gasteiger charge is -2.22. The first-order valence-electron chi connectivity index (χ1n) is 7.22. The molecule has 3 heterocycles. The fourth-order valence-corrected chi connectivity index (χ4v) is 2.74. The predicted molar refractivity (Wildman–Crippen MR) is 79.0 cm³/mol. The van der Waals surface area contributed by atoms with E-state index in [9.17, 15) is 5.11 Å². The van der Waals surface area contributed by atoms with Gasteiger partial charge in [0, 0.05) is 12.2 Å². The van der Waals surface area contributed by atoms with Gasteiger partial charge in [-0.05, 0) is 37.1 Å². The summed E-state index contributed by atoms with van der Waals surface area (Å²) >= 11 is 0. The highest BCUT2D eigenvalue weighted by atomic mass is 16.3. The molecule has 1 aliphatic rings. The number of nitrogens with zero attached hydrogens (tertiary/aromatic N) is 3. The Morgan fingerprint density at radius 3 is 2.90 bits per heavy atom. The first kappa shape index (κ1) is 12.5. The predicted octanol–water partition coefficient (Wildman–Crippen LogP) is 2.59. The van der Waals surface area contributed by atoms with Gasteiger partial charge in [0.15, 0.2) is 5.82 Å². The van der Waals surface area contributed by atoms with Gasteiger partial charge < -0.3 is 14.4 Å². The smallest absolute Gasteiger partial charge is 0.154 e. The van der Waals surface area contributed by atoms with Gasteiger partial charge in [-0.1, -0.05) is 6.07 Å². The zero-order valence-electron chi connectivity index (χ0n) is 11.6. The van der Waals surface area contributed by atoms with E-state index in [1.54, 1.807) is 6.26 Å². The van der Waals surface area contributed by atoms with Gasteiger partial charge in [0.25, 0.3) is 0 Å². The van der Waals surface area contributed by atoms with Crippen LogP contribution < -0.4 is 4.90 Å². The third-order valence-corrected chi connectivity index (χ3v) is 3.92. The summed E-state index contributed by atoms with van der Waals surface area (Å²) in [5.41, 5.74) is 1.70. The molecule has 5 heteroatoms. The zero-order chi connectivity index (χ0) is 14.2. The van der Waals surface area contributed by atoms with Crippen molar-refractivity contribution in [3.05, 3.63) is 54.2 Å². The van der Waals surface area contributed by atoms with E-state index in [-0.39, 0.29) is 6.61 Å². The molecule has 4 rings (SSSR count). The van der Waals surface area contributed by atoms with E-state index < -0.39 is 0 Å².